The second-order valence-electron chi connectivity index (χ2n) is 5.95. The van der Waals surface area contributed by atoms with Crippen molar-refractivity contribution in [1.82, 2.24) is 4.90 Å². The third-order valence-electron chi connectivity index (χ3n) is 3.94. The maximum absolute atomic E-state index is 12.6. The summed E-state index contributed by atoms with van der Waals surface area (Å²) in [6.45, 7) is 8.10. The van der Waals surface area contributed by atoms with Gasteiger partial charge in [-0.05, 0) is 43.4 Å². The zero-order chi connectivity index (χ0) is 16.4. The van der Waals surface area contributed by atoms with E-state index in [9.17, 15) is 4.79 Å². The van der Waals surface area contributed by atoms with Crippen molar-refractivity contribution in [1.29, 1.82) is 0 Å². The Balaban J connectivity index is 2.66. The number of rotatable bonds is 9. The Morgan fingerprint density at radius 3 is 2.00 bits per heavy atom. The molecule has 0 saturated heterocycles. The van der Waals surface area contributed by atoms with E-state index in [1.165, 1.54) is 24.8 Å². The molecule has 0 aromatic heterocycles. The molecule has 0 heterocycles. The Hall–Kier alpha value is -1.51. The molecular weight excluding hydrogens is 272 g/mol. The molecule has 3 nitrogen and oxygen atoms in total. The molecule has 3 heteroatoms. The van der Waals surface area contributed by atoms with E-state index in [1.54, 1.807) is 4.90 Å². The molecule has 1 rings (SSSR count). The van der Waals surface area contributed by atoms with Gasteiger partial charge in [-0.25, -0.2) is 4.79 Å². The summed E-state index contributed by atoms with van der Waals surface area (Å²) in [6, 6.07) is 8.53. The third-order valence-corrected chi connectivity index (χ3v) is 3.94. The molecule has 2 amide bonds. The molecule has 124 valence electrons. The van der Waals surface area contributed by atoms with Crippen LogP contribution in [0.4, 0.5) is 10.5 Å². The van der Waals surface area contributed by atoms with Gasteiger partial charge in [-0.2, -0.15) is 0 Å². The first-order valence-corrected chi connectivity index (χ1v) is 8.75. The predicted octanol–water partition coefficient (Wildman–Crippen LogP) is 5.10. The normalized spacial score (nSPS) is 10.5. The van der Waals surface area contributed by atoms with Crippen LogP contribution >= 0.6 is 0 Å². The molecule has 0 fully saturated rings. The second kappa shape index (κ2) is 10.3. The number of carbonyl (C=O) groups is 1. The molecule has 0 bridgehead atoms. The van der Waals surface area contributed by atoms with Crippen molar-refractivity contribution in [2.45, 2.75) is 59.3 Å². The Morgan fingerprint density at radius 1 is 0.909 bits per heavy atom. The lowest BCUT2D eigenvalue weighted by Gasteiger charge is -2.28. The summed E-state index contributed by atoms with van der Waals surface area (Å²) in [6.07, 6.45) is 6.89. The van der Waals surface area contributed by atoms with E-state index in [0.717, 1.165) is 38.0 Å². The predicted molar refractivity (Wildman–Crippen MR) is 95.6 cm³/mol. The molecule has 0 unspecified atom stereocenters. The minimum atomic E-state index is 0.0995. The lowest BCUT2D eigenvalue weighted by atomic mass is 10.1. The van der Waals surface area contributed by atoms with Crippen LogP contribution < -0.4 is 4.90 Å². The van der Waals surface area contributed by atoms with Crippen LogP contribution in [0.15, 0.2) is 24.3 Å². The SMILES string of the molecule is CCCCCc1ccc(N(C)C(=O)N(CCC)CCC)cc1. The molecule has 0 N–H and O–H groups in total. The first-order chi connectivity index (χ1) is 10.6. The molecule has 0 aliphatic heterocycles. The number of urea groups is 1. The monoisotopic (exact) mass is 304 g/mol. The van der Waals surface area contributed by atoms with Gasteiger partial charge in [-0.3, -0.25) is 4.90 Å². The number of aryl methyl sites for hydroxylation is 1. The number of hydrogen-bond donors (Lipinski definition) is 0. The molecule has 22 heavy (non-hydrogen) atoms. The van der Waals surface area contributed by atoms with E-state index in [4.69, 9.17) is 0 Å². The summed E-state index contributed by atoms with van der Waals surface area (Å²) in [5, 5.41) is 0. The fraction of sp³-hybridized carbons (Fsp3) is 0.632. The van der Waals surface area contributed by atoms with Gasteiger partial charge in [-0.15, -0.1) is 0 Å². The number of unbranched alkanes of at least 4 members (excludes halogenated alkanes) is 2. The maximum Gasteiger partial charge on any atom is 0.324 e. The van der Waals surface area contributed by atoms with Crippen LogP contribution in [0.2, 0.25) is 0 Å². The van der Waals surface area contributed by atoms with Crippen molar-refractivity contribution in [2.24, 2.45) is 0 Å². The first kappa shape index (κ1) is 18.5. The molecule has 1 aromatic rings. The van der Waals surface area contributed by atoms with Crippen molar-refractivity contribution < 1.29 is 4.79 Å². The van der Waals surface area contributed by atoms with Gasteiger partial charge in [-0.1, -0.05) is 45.7 Å². The number of benzene rings is 1. The second-order valence-corrected chi connectivity index (χ2v) is 5.95. The van der Waals surface area contributed by atoms with Crippen LogP contribution in [-0.4, -0.2) is 31.1 Å². The summed E-state index contributed by atoms with van der Waals surface area (Å²) in [4.78, 5) is 16.3. The highest BCUT2D eigenvalue weighted by Gasteiger charge is 2.17. The number of nitrogens with zero attached hydrogens (tertiary/aromatic N) is 2. The van der Waals surface area contributed by atoms with Crippen molar-refractivity contribution >= 4 is 11.7 Å². The van der Waals surface area contributed by atoms with E-state index >= 15 is 0 Å². The quantitative estimate of drug-likeness (QED) is 0.582. The molecular formula is C19H32N2O. The lowest BCUT2D eigenvalue weighted by Crippen LogP contribution is -2.42. The van der Waals surface area contributed by atoms with Crippen LogP contribution in [0.1, 0.15) is 58.4 Å². The first-order valence-electron chi connectivity index (χ1n) is 8.75. The Morgan fingerprint density at radius 2 is 1.50 bits per heavy atom. The van der Waals surface area contributed by atoms with E-state index in [2.05, 4.69) is 45.0 Å². The number of anilines is 1. The van der Waals surface area contributed by atoms with Gasteiger partial charge in [0.05, 0.1) is 0 Å². The average Bonchev–Trinajstić information content (AvgIpc) is 2.54. The average molecular weight is 304 g/mol. The maximum atomic E-state index is 12.6. The molecule has 0 saturated carbocycles. The molecule has 0 atom stereocenters. The van der Waals surface area contributed by atoms with Gasteiger partial charge in [0.2, 0.25) is 0 Å². The third kappa shape index (κ3) is 5.70. The Bertz CT molecular complexity index is 422. The summed E-state index contributed by atoms with van der Waals surface area (Å²) in [5.41, 5.74) is 2.33. The van der Waals surface area contributed by atoms with Crippen molar-refractivity contribution in [2.75, 3.05) is 25.0 Å². The van der Waals surface area contributed by atoms with Gasteiger partial charge in [0.15, 0.2) is 0 Å². The largest absolute Gasteiger partial charge is 0.324 e. The van der Waals surface area contributed by atoms with Crippen LogP contribution in [-0.2, 0) is 6.42 Å². The highest BCUT2D eigenvalue weighted by molar-refractivity contribution is 5.91. The molecule has 0 radical (unpaired) electrons. The number of hydrogen-bond acceptors (Lipinski definition) is 1. The Labute approximate surface area is 136 Å². The molecule has 0 aliphatic carbocycles. The minimum Gasteiger partial charge on any atom is -0.324 e. The van der Waals surface area contributed by atoms with Crippen LogP contribution in [0.25, 0.3) is 0 Å². The van der Waals surface area contributed by atoms with Gasteiger partial charge in [0.25, 0.3) is 0 Å². The fourth-order valence-electron chi connectivity index (χ4n) is 2.63. The molecule has 1 aromatic carbocycles. The highest BCUT2D eigenvalue weighted by Crippen LogP contribution is 2.17. The topological polar surface area (TPSA) is 23.6 Å². The fourth-order valence-corrected chi connectivity index (χ4v) is 2.63. The van der Waals surface area contributed by atoms with E-state index < -0.39 is 0 Å². The van der Waals surface area contributed by atoms with Crippen LogP contribution in [0.3, 0.4) is 0 Å². The van der Waals surface area contributed by atoms with Gasteiger partial charge >= 0.3 is 6.03 Å². The summed E-state index contributed by atoms with van der Waals surface area (Å²) < 4.78 is 0. The zero-order valence-electron chi connectivity index (χ0n) is 14.8. The summed E-state index contributed by atoms with van der Waals surface area (Å²) >= 11 is 0. The van der Waals surface area contributed by atoms with Gasteiger partial charge in [0, 0.05) is 25.8 Å². The van der Waals surface area contributed by atoms with Crippen molar-refractivity contribution in [3.8, 4) is 0 Å². The van der Waals surface area contributed by atoms with Gasteiger partial charge < -0.3 is 4.90 Å². The smallest absolute Gasteiger partial charge is 0.324 e. The van der Waals surface area contributed by atoms with E-state index in [1.807, 2.05) is 11.9 Å². The molecule has 0 aliphatic rings. The lowest BCUT2D eigenvalue weighted by molar-refractivity contribution is 0.206. The molecule has 0 spiro atoms. The van der Waals surface area contributed by atoms with Crippen molar-refractivity contribution in [3.63, 3.8) is 0 Å². The van der Waals surface area contributed by atoms with Crippen LogP contribution in [0.5, 0.6) is 0 Å². The van der Waals surface area contributed by atoms with E-state index in [-0.39, 0.29) is 6.03 Å². The highest BCUT2D eigenvalue weighted by atomic mass is 16.2. The zero-order valence-corrected chi connectivity index (χ0v) is 14.8. The van der Waals surface area contributed by atoms with E-state index in [0.29, 0.717) is 0 Å². The number of amides is 2. The number of carbonyl (C=O) groups excluding carboxylic acids is 1. The van der Waals surface area contributed by atoms with Crippen molar-refractivity contribution in [3.05, 3.63) is 29.8 Å². The van der Waals surface area contributed by atoms with Crippen LogP contribution in [0, 0.1) is 0 Å². The minimum absolute atomic E-state index is 0.0995. The summed E-state index contributed by atoms with van der Waals surface area (Å²) in [5.74, 6) is 0. The standard InChI is InChI=1S/C19H32N2O/c1-5-8-9-10-17-11-13-18(14-12-17)20(4)19(22)21(15-6-2)16-7-3/h11-14H,5-10,15-16H2,1-4H3. The Kier molecular flexibility index (Phi) is 8.64. The summed E-state index contributed by atoms with van der Waals surface area (Å²) in [7, 11) is 1.87. The van der Waals surface area contributed by atoms with Gasteiger partial charge in [0.1, 0.15) is 0 Å².